The molecule has 27 heteroatoms. The second kappa shape index (κ2) is 17.9. The lowest BCUT2D eigenvalue weighted by molar-refractivity contribution is -0.384. The Morgan fingerprint density at radius 3 is 1.79 bits per heavy atom. The minimum atomic E-state index is -5.00. The Balaban J connectivity index is 0.000000401. The number of aliphatic carboxylic acids is 1. The molecule has 288 valence electrons. The number of nitrogen functional groups attached to an aromatic ring is 1. The molecule has 2 heterocycles. The quantitative estimate of drug-likeness (QED) is 0.101. The number of H-pyrrole nitrogens is 1. The van der Waals surface area contributed by atoms with E-state index in [2.05, 4.69) is 9.40 Å². The van der Waals surface area contributed by atoms with Crippen LogP contribution in [0.4, 0.5) is 58.2 Å². The number of nitro benzene ring substituents is 2. The lowest BCUT2D eigenvalue weighted by Crippen LogP contribution is -2.36. The standard InChI is InChI=1S/C11H4ClF4N3O4.C7H7F3N2O2.C6H4ClFN2O2.C2H4O2/c12-4-1-5(13)7(2-6(4)19(22)23)18-9(20)3-8(11(14,15)16)17-10(18)21;1-12(2)6-11-4(7(8,9)10)3-5(13)14-6;7-3-1-4(8)5(9)2-6(3)10(11)12;1-2(3)4/h1-3H,(H,17,21);3H,1-2H3;1-2H,9H2;1H3,(H,3,4). The van der Waals surface area contributed by atoms with Crippen molar-refractivity contribution >= 4 is 52.2 Å². The van der Waals surface area contributed by atoms with E-state index < -0.39 is 90.2 Å². The number of nitro groups is 2. The molecule has 4 aromatic rings. The fourth-order valence-electron chi connectivity index (χ4n) is 3.13. The summed E-state index contributed by atoms with van der Waals surface area (Å²) in [4.78, 5) is 68.0. The maximum absolute atomic E-state index is 13.8. The van der Waals surface area contributed by atoms with Gasteiger partial charge in [-0.15, -0.1) is 0 Å². The Hall–Kier alpha value is -6.11. The number of nitrogens with zero attached hydrogens (tertiary/aromatic N) is 5. The van der Waals surface area contributed by atoms with Crippen LogP contribution in [0, 0.1) is 31.9 Å². The number of carboxylic acid groups (broad SMARTS) is 1. The van der Waals surface area contributed by atoms with E-state index in [1.807, 2.05) is 0 Å². The largest absolute Gasteiger partial charge is 0.481 e. The normalized spacial score (nSPS) is 10.7. The topological polar surface area (TPSA) is 251 Å². The number of nitrogens with one attached hydrogen (secondary N) is 1. The van der Waals surface area contributed by atoms with Crippen LogP contribution >= 0.6 is 23.2 Å². The van der Waals surface area contributed by atoms with Crippen LogP contribution in [0.15, 0.2) is 55.2 Å². The second-order valence-corrected chi connectivity index (χ2v) is 10.3. The first-order valence-electron chi connectivity index (χ1n) is 13.0. The Kier molecular flexibility index (Phi) is 15.2. The predicted octanol–water partition coefficient (Wildman–Crippen LogP) is 5.43. The van der Waals surface area contributed by atoms with E-state index in [-0.39, 0.29) is 27.4 Å². The van der Waals surface area contributed by atoms with E-state index in [0.29, 0.717) is 18.2 Å². The van der Waals surface area contributed by atoms with Gasteiger partial charge in [0.15, 0.2) is 5.69 Å². The van der Waals surface area contributed by atoms with Crippen molar-refractivity contribution in [2.24, 2.45) is 0 Å². The third-order valence-electron chi connectivity index (χ3n) is 5.29. The Labute approximate surface area is 296 Å². The summed E-state index contributed by atoms with van der Waals surface area (Å²) < 4.78 is 105. The predicted molar refractivity (Wildman–Crippen MR) is 167 cm³/mol. The molecule has 0 saturated carbocycles. The number of carboxylic acids is 1. The molecule has 0 aliphatic heterocycles. The number of anilines is 2. The van der Waals surface area contributed by atoms with Gasteiger partial charge in [0.25, 0.3) is 28.9 Å². The number of alkyl halides is 6. The SMILES string of the molecule is CC(=O)O.CN(C)c1nc(C(F)(F)F)cc(=O)o1.Nc1cc([N+](=O)[O-])c(Cl)cc1F.O=c1cc(C(F)(F)F)[nH]c(=O)n1-c1cc([N+](=O)[O-])c(Cl)cc1F. The van der Waals surface area contributed by atoms with Crippen LogP contribution in [-0.4, -0.2) is 49.6 Å². The van der Waals surface area contributed by atoms with Gasteiger partial charge in [-0.2, -0.15) is 31.3 Å². The number of halogens is 10. The van der Waals surface area contributed by atoms with Crippen LogP contribution in [-0.2, 0) is 17.1 Å². The number of aromatic amines is 1. The van der Waals surface area contributed by atoms with Gasteiger partial charge >= 0.3 is 23.7 Å². The van der Waals surface area contributed by atoms with E-state index in [0.717, 1.165) is 19.1 Å². The van der Waals surface area contributed by atoms with Crippen LogP contribution in [0.25, 0.3) is 5.69 Å². The van der Waals surface area contributed by atoms with Gasteiger partial charge in [0, 0.05) is 51.4 Å². The Bertz CT molecular complexity index is 2150. The molecule has 0 spiro atoms. The van der Waals surface area contributed by atoms with Crippen molar-refractivity contribution in [3.8, 4) is 5.69 Å². The van der Waals surface area contributed by atoms with Crippen LogP contribution < -0.4 is 27.5 Å². The first kappa shape index (κ1) is 44.9. The van der Waals surface area contributed by atoms with Crippen molar-refractivity contribution in [1.82, 2.24) is 14.5 Å². The number of benzene rings is 2. The van der Waals surface area contributed by atoms with Gasteiger partial charge in [0.1, 0.15) is 27.4 Å². The molecule has 0 saturated heterocycles. The number of carbonyl (C=O) groups is 1. The molecule has 2 aromatic heterocycles. The fraction of sp³-hybridized carbons (Fsp3) is 0.192. The van der Waals surface area contributed by atoms with Crippen LogP contribution in [0.5, 0.6) is 0 Å². The summed E-state index contributed by atoms with van der Waals surface area (Å²) in [6, 6.07) is 2.62. The van der Waals surface area contributed by atoms with Crippen molar-refractivity contribution in [1.29, 1.82) is 0 Å². The van der Waals surface area contributed by atoms with Gasteiger partial charge in [-0.1, -0.05) is 23.2 Å². The van der Waals surface area contributed by atoms with Crippen LogP contribution in [0.1, 0.15) is 18.3 Å². The first-order chi connectivity index (χ1) is 24.1. The smallest absolute Gasteiger partial charge is 0.433 e. The summed E-state index contributed by atoms with van der Waals surface area (Å²) in [5, 5.41) is 27.5. The number of aromatic nitrogens is 3. The highest BCUT2D eigenvalue weighted by Crippen LogP contribution is 2.30. The summed E-state index contributed by atoms with van der Waals surface area (Å²) in [6.07, 6.45) is -9.64. The molecule has 0 fully saturated rings. The summed E-state index contributed by atoms with van der Waals surface area (Å²) in [5.74, 6) is -2.89. The summed E-state index contributed by atoms with van der Waals surface area (Å²) >= 11 is 10.8. The zero-order chi connectivity index (χ0) is 41.3. The van der Waals surface area contributed by atoms with Crippen LogP contribution in [0.2, 0.25) is 10.0 Å². The van der Waals surface area contributed by atoms with Gasteiger partial charge in [0.2, 0.25) is 0 Å². The van der Waals surface area contributed by atoms with Gasteiger partial charge < -0.3 is 25.1 Å². The summed E-state index contributed by atoms with van der Waals surface area (Å²) in [6.45, 7) is 1.08. The molecular weight excluding hydrogens is 793 g/mol. The molecule has 17 nitrogen and oxygen atoms in total. The number of hydrogen-bond acceptors (Lipinski definition) is 12. The highest BCUT2D eigenvalue weighted by molar-refractivity contribution is 6.33. The lowest BCUT2D eigenvalue weighted by atomic mass is 10.2. The highest BCUT2D eigenvalue weighted by atomic mass is 35.5. The van der Waals surface area contributed by atoms with Gasteiger partial charge in [-0.3, -0.25) is 29.8 Å². The zero-order valence-corrected chi connectivity index (χ0v) is 27.7. The highest BCUT2D eigenvalue weighted by Gasteiger charge is 2.35. The lowest BCUT2D eigenvalue weighted by Gasteiger charge is -2.10. The minimum absolute atomic E-state index is 0.00605. The molecule has 0 atom stereocenters. The minimum Gasteiger partial charge on any atom is -0.481 e. The first-order valence-corrected chi connectivity index (χ1v) is 13.8. The molecule has 0 radical (unpaired) electrons. The molecule has 4 rings (SSSR count). The van der Waals surface area contributed by atoms with Gasteiger partial charge in [0.05, 0.1) is 27.3 Å². The van der Waals surface area contributed by atoms with E-state index >= 15 is 0 Å². The van der Waals surface area contributed by atoms with Crippen molar-refractivity contribution in [3.05, 3.63) is 121 Å². The summed E-state index contributed by atoms with van der Waals surface area (Å²) in [5.41, 5.74) is -4.40. The van der Waals surface area contributed by atoms with Crippen molar-refractivity contribution in [2.45, 2.75) is 19.3 Å². The van der Waals surface area contributed by atoms with E-state index in [4.69, 9.17) is 38.8 Å². The van der Waals surface area contributed by atoms with Crippen molar-refractivity contribution in [2.75, 3.05) is 24.7 Å². The number of rotatable bonds is 4. The fourth-order valence-corrected chi connectivity index (χ4v) is 3.57. The van der Waals surface area contributed by atoms with Crippen molar-refractivity contribution < 1.29 is 59.3 Å². The molecule has 0 unspecified atom stereocenters. The second-order valence-electron chi connectivity index (χ2n) is 9.51. The van der Waals surface area contributed by atoms with E-state index in [1.165, 1.54) is 24.0 Å². The molecule has 4 N–H and O–H groups in total. The maximum Gasteiger partial charge on any atom is 0.433 e. The van der Waals surface area contributed by atoms with E-state index in [1.54, 1.807) is 0 Å². The number of nitrogens with two attached hydrogens (primary N) is 1. The van der Waals surface area contributed by atoms with Gasteiger partial charge in [-0.25, -0.2) is 22.9 Å². The van der Waals surface area contributed by atoms with Crippen molar-refractivity contribution in [3.63, 3.8) is 0 Å². The molecule has 0 bridgehead atoms. The molecule has 0 amide bonds. The van der Waals surface area contributed by atoms with Gasteiger partial charge in [-0.05, 0) is 0 Å². The number of hydrogen-bond donors (Lipinski definition) is 3. The monoisotopic (exact) mass is 811 g/mol. The molecule has 0 aliphatic rings. The molecule has 53 heavy (non-hydrogen) atoms. The Morgan fingerprint density at radius 2 is 1.38 bits per heavy atom. The third-order valence-corrected chi connectivity index (χ3v) is 5.90. The van der Waals surface area contributed by atoms with E-state index in [9.17, 15) is 69.7 Å². The molecule has 2 aromatic carbocycles. The maximum atomic E-state index is 13.8. The van der Waals surface area contributed by atoms with Crippen LogP contribution in [0.3, 0.4) is 0 Å². The summed E-state index contributed by atoms with van der Waals surface area (Å²) in [7, 11) is 2.84. The Morgan fingerprint density at radius 1 is 0.906 bits per heavy atom. The molecular formula is C26H19Cl2F8N7O10. The average molecular weight is 812 g/mol. The molecule has 0 aliphatic carbocycles. The zero-order valence-electron chi connectivity index (χ0n) is 26.2. The third kappa shape index (κ3) is 13.2. The average Bonchev–Trinajstić information content (AvgIpc) is 2.98.